The smallest absolute Gasteiger partial charge is 0.336 e. The van der Waals surface area contributed by atoms with Crippen molar-refractivity contribution in [2.24, 2.45) is 5.10 Å². The summed E-state index contributed by atoms with van der Waals surface area (Å²) in [6, 6.07) is 16.1. The highest BCUT2D eigenvalue weighted by molar-refractivity contribution is 9.11. The van der Waals surface area contributed by atoms with Gasteiger partial charge in [-0.05, 0) is 70.9 Å². The minimum atomic E-state index is -0.674. The van der Waals surface area contributed by atoms with Gasteiger partial charge < -0.3 is 4.74 Å². The molecule has 1 aromatic heterocycles. The average Bonchev–Trinajstić information content (AvgIpc) is 2.84. The van der Waals surface area contributed by atoms with Gasteiger partial charge in [-0.25, -0.2) is 9.78 Å². The van der Waals surface area contributed by atoms with Gasteiger partial charge in [0.2, 0.25) is 0 Å². The van der Waals surface area contributed by atoms with E-state index in [1.807, 2.05) is 0 Å². The number of non-ortho nitro benzene ring substituents is 1. The molecule has 4 rings (SSSR count). The summed E-state index contributed by atoms with van der Waals surface area (Å²) in [6.45, 7) is 1.67. The number of fused-ring (bicyclic) bond motifs is 1. The van der Waals surface area contributed by atoms with Crippen molar-refractivity contribution in [2.45, 2.75) is 6.92 Å². The summed E-state index contributed by atoms with van der Waals surface area (Å²) in [5.74, 6) is -0.0833. The highest BCUT2D eigenvalue weighted by Crippen LogP contribution is 2.32. The molecule has 0 atom stereocenters. The van der Waals surface area contributed by atoms with Gasteiger partial charge in [0.25, 0.3) is 11.2 Å². The molecule has 0 bridgehead atoms. The molecule has 0 aliphatic rings. The maximum Gasteiger partial charge on any atom is 0.336 e. The molecule has 0 saturated carbocycles. The highest BCUT2D eigenvalue weighted by Gasteiger charge is 2.13. The summed E-state index contributed by atoms with van der Waals surface area (Å²) in [4.78, 5) is 40.1. The van der Waals surface area contributed by atoms with Crippen LogP contribution in [0.1, 0.15) is 17.0 Å². The van der Waals surface area contributed by atoms with E-state index in [1.165, 1.54) is 47.3 Å². The Kier molecular flexibility index (Phi) is 7.51. The number of para-hydroxylation sites is 1. The highest BCUT2D eigenvalue weighted by atomic mass is 79.9. The number of benzene rings is 3. The largest absolute Gasteiger partial charge is 0.421 e. The van der Waals surface area contributed by atoms with Crippen molar-refractivity contribution in [1.82, 2.24) is 9.66 Å². The molecule has 0 unspecified atom stereocenters. The summed E-state index contributed by atoms with van der Waals surface area (Å²) < 4.78 is 7.89. The molecule has 1 heterocycles. The summed E-state index contributed by atoms with van der Waals surface area (Å²) in [7, 11) is 0. The molecule has 4 aromatic rings. The number of aryl methyl sites for hydroxylation is 1. The van der Waals surface area contributed by atoms with E-state index in [0.717, 1.165) is 0 Å². The van der Waals surface area contributed by atoms with Crippen LogP contribution in [0.4, 0.5) is 5.69 Å². The summed E-state index contributed by atoms with van der Waals surface area (Å²) >= 11 is 6.80. The summed E-state index contributed by atoms with van der Waals surface area (Å²) in [5.41, 5.74) is 1.22. The van der Waals surface area contributed by atoms with Gasteiger partial charge in [0.05, 0.1) is 26.5 Å². The second kappa shape index (κ2) is 10.8. The van der Waals surface area contributed by atoms with Gasteiger partial charge >= 0.3 is 5.97 Å². The van der Waals surface area contributed by atoms with Crippen LogP contribution in [0.5, 0.6) is 5.75 Å². The van der Waals surface area contributed by atoms with Gasteiger partial charge in [-0.3, -0.25) is 14.9 Å². The third-order valence-electron chi connectivity index (χ3n) is 4.98. The number of nitrogens with zero attached hydrogens (tertiary/aromatic N) is 4. The van der Waals surface area contributed by atoms with Crippen molar-refractivity contribution in [1.29, 1.82) is 0 Å². The number of nitro benzene ring substituents is 1. The summed E-state index contributed by atoms with van der Waals surface area (Å²) in [6.07, 6.45) is 4.09. The molecule has 0 spiro atoms. The van der Waals surface area contributed by atoms with E-state index in [-0.39, 0.29) is 17.0 Å². The van der Waals surface area contributed by atoms with E-state index in [2.05, 4.69) is 41.9 Å². The first-order chi connectivity index (χ1) is 17.2. The standard InChI is InChI=1S/C25H16Br2N4O5/c1-15-29-22-5-3-2-4-20(22)25(33)30(15)28-14-17-12-18(26)13-21(27)24(17)36-23(32)11-8-16-6-9-19(10-7-16)31(34)35/h2-14H,1H3/b11-8+,28-14?. The predicted octanol–water partition coefficient (Wildman–Crippen LogP) is 5.64. The Morgan fingerprint density at radius 1 is 1.14 bits per heavy atom. The molecule has 180 valence electrons. The van der Waals surface area contributed by atoms with Gasteiger partial charge in [-0.1, -0.05) is 28.1 Å². The van der Waals surface area contributed by atoms with Gasteiger partial charge in [0, 0.05) is 28.2 Å². The fourth-order valence-electron chi connectivity index (χ4n) is 3.28. The van der Waals surface area contributed by atoms with E-state index >= 15 is 0 Å². The Labute approximate surface area is 221 Å². The lowest BCUT2D eigenvalue weighted by atomic mass is 10.2. The van der Waals surface area contributed by atoms with Crippen LogP contribution >= 0.6 is 31.9 Å². The van der Waals surface area contributed by atoms with Crippen LogP contribution in [0, 0.1) is 17.0 Å². The molecule has 0 N–H and O–H groups in total. The quantitative estimate of drug-likeness (QED) is 0.0696. The van der Waals surface area contributed by atoms with Crippen molar-refractivity contribution in [3.8, 4) is 5.75 Å². The SMILES string of the molecule is Cc1nc2ccccc2c(=O)n1N=Cc1cc(Br)cc(Br)c1OC(=O)/C=C/c1ccc([N+](=O)[O-])cc1. The molecule has 3 aromatic carbocycles. The number of esters is 1. The lowest BCUT2D eigenvalue weighted by molar-refractivity contribution is -0.384. The molecule has 0 saturated heterocycles. The van der Waals surface area contributed by atoms with Crippen LogP contribution in [0.2, 0.25) is 0 Å². The molecule has 0 amide bonds. The number of rotatable bonds is 6. The lowest BCUT2D eigenvalue weighted by Crippen LogP contribution is -2.20. The normalized spacial score (nSPS) is 11.4. The van der Waals surface area contributed by atoms with Crippen LogP contribution in [0.25, 0.3) is 17.0 Å². The molecular weight excluding hydrogens is 596 g/mol. The number of hydrogen-bond acceptors (Lipinski definition) is 7. The van der Waals surface area contributed by atoms with Crippen LogP contribution < -0.4 is 10.3 Å². The number of ether oxygens (including phenoxy) is 1. The number of hydrogen-bond donors (Lipinski definition) is 0. The van der Waals surface area contributed by atoms with E-state index in [0.29, 0.717) is 36.8 Å². The minimum Gasteiger partial charge on any atom is -0.421 e. The first-order valence-corrected chi connectivity index (χ1v) is 12.0. The number of nitro groups is 1. The van der Waals surface area contributed by atoms with Crippen LogP contribution in [0.3, 0.4) is 0 Å². The van der Waals surface area contributed by atoms with E-state index in [4.69, 9.17) is 4.74 Å². The second-order valence-electron chi connectivity index (χ2n) is 7.45. The Bertz CT molecular complexity index is 1610. The maximum absolute atomic E-state index is 12.9. The number of carbonyl (C=O) groups is 1. The van der Waals surface area contributed by atoms with Crippen LogP contribution in [0.15, 0.2) is 85.6 Å². The van der Waals surface area contributed by atoms with E-state index in [1.54, 1.807) is 43.3 Å². The molecule has 0 fully saturated rings. The van der Waals surface area contributed by atoms with Gasteiger partial charge in [0.15, 0.2) is 5.75 Å². The molecule has 11 heteroatoms. The molecule has 0 radical (unpaired) electrons. The van der Waals surface area contributed by atoms with Crippen molar-refractivity contribution < 1.29 is 14.5 Å². The second-order valence-corrected chi connectivity index (χ2v) is 9.22. The van der Waals surface area contributed by atoms with E-state index < -0.39 is 10.9 Å². The number of halogens is 2. The molecule has 9 nitrogen and oxygen atoms in total. The van der Waals surface area contributed by atoms with Gasteiger partial charge in [-0.2, -0.15) is 9.78 Å². The Hall–Kier alpha value is -3.96. The predicted molar refractivity (Wildman–Crippen MR) is 143 cm³/mol. The Balaban J connectivity index is 1.62. The third kappa shape index (κ3) is 5.64. The first kappa shape index (κ1) is 25.1. The zero-order valence-corrected chi connectivity index (χ0v) is 21.8. The van der Waals surface area contributed by atoms with Crippen LogP contribution in [-0.4, -0.2) is 26.8 Å². The lowest BCUT2D eigenvalue weighted by Gasteiger charge is -2.10. The Morgan fingerprint density at radius 2 is 1.86 bits per heavy atom. The fraction of sp³-hybridized carbons (Fsp3) is 0.0400. The fourth-order valence-corrected chi connectivity index (χ4v) is 4.62. The zero-order chi connectivity index (χ0) is 25.8. The third-order valence-corrected chi connectivity index (χ3v) is 6.03. The van der Waals surface area contributed by atoms with E-state index in [9.17, 15) is 19.7 Å². The van der Waals surface area contributed by atoms with Crippen molar-refractivity contribution in [3.05, 3.63) is 113 Å². The molecular formula is C25H16Br2N4O5. The van der Waals surface area contributed by atoms with Crippen molar-refractivity contribution in [3.63, 3.8) is 0 Å². The molecule has 0 aliphatic carbocycles. The topological polar surface area (TPSA) is 117 Å². The average molecular weight is 612 g/mol. The Morgan fingerprint density at radius 3 is 2.58 bits per heavy atom. The van der Waals surface area contributed by atoms with Gasteiger partial charge in [-0.15, -0.1) is 0 Å². The maximum atomic E-state index is 12.9. The molecule has 36 heavy (non-hydrogen) atoms. The monoisotopic (exact) mass is 610 g/mol. The number of carbonyl (C=O) groups excluding carboxylic acids is 1. The summed E-state index contributed by atoms with van der Waals surface area (Å²) in [5, 5.41) is 15.5. The van der Waals surface area contributed by atoms with Crippen molar-refractivity contribution in [2.75, 3.05) is 0 Å². The van der Waals surface area contributed by atoms with Gasteiger partial charge in [0.1, 0.15) is 5.82 Å². The van der Waals surface area contributed by atoms with Crippen molar-refractivity contribution >= 4 is 66.7 Å². The van der Waals surface area contributed by atoms with Crippen LogP contribution in [-0.2, 0) is 4.79 Å². The first-order valence-electron chi connectivity index (χ1n) is 10.4. The number of aromatic nitrogens is 2. The zero-order valence-electron chi connectivity index (χ0n) is 18.6. The molecule has 0 aliphatic heterocycles. The minimum absolute atomic E-state index is 0.0478.